The molecule has 3 N–H and O–H groups in total. The van der Waals surface area contributed by atoms with E-state index in [1.807, 2.05) is 0 Å². The summed E-state index contributed by atoms with van der Waals surface area (Å²) in [7, 11) is 0. The SMILES string of the molecule is Cc1cc(C(=O)Nc2ccc(N)cc2C(F)(F)F)sc1Br. The molecule has 112 valence electrons. The molecule has 1 heterocycles. The largest absolute Gasteiger partial charge is 0.418 e. The molecule has 0 spiro atoms. The number of carbonyl (C=O) groups is 1. The molecule has 0 saturated carbocycles. The topological polar surface area (TPSA) is 55.1 Å². The number of aryl methyl sites for hydroxylation is 1. The molecule has 1 aromatic carbocycles. The number of nitrogens with two attached hydrogens (primary N) is 1. The average molecular weight is 379 g/mol. The van der Waals surface area contributed by atoms with Crippen molar-refractivity contribution in [2.24, 2.45) is 0 Å². The van der Waals surface area contributed by atoms with Crippen molar-refractivity contribution in [3.8, 4) is 0 Å². The van der Waals surface area contributed by atoms with Crippen molar-refractivity contribution < 1.29 is 18.0 Å². The molecule has 0 bridgehead atoms. The number of benzene rings is 1. The maximum absolute atomic E-state index is 12.9. The van der Waals surface area contributed by atoms with Gasteiger partial charge < -0.3 is 11.1 Å². The number of amides is 1. The van der Waals surface area contributed by atoms with Crippen molar-refractivity contribution >= 4 is 44.5 Å². The zero-order valence-corrected chi connectivity index (χ0v) is 13.1. The minimum absolute atomic E-state index is 0.0185. The zero-order valence-electron chi connectivity index (χ0n) is 10.7. The number of hydrogen-bond donors (Lipinski definition) is 2. The molecular formula is C13H10BrF3N2OS. The molecule has 0 fully saturated rings. The van der Waals surface area contributed by atoms with Gasteiger partial charge >= 0.3 is 6.18 Å². The number of anilines is 2. The maximum Gasteiger partial charge on any atom is 0.418 e. The van der Waals surface area contributed by atoms with Crippen LogP contribution >= 0.6 is 27.3 Å². The lowest BCUT2D eigenvalue weighted by molar-refractivity contribution is -0.136. The molecule has 0 aliphatic carbocycles. The Kier molecular flexibility index (Phi) is 4.29. The quantitative estimate of drug-likeness (QED) is 0.745. The van der Waals surface area contributed by atoms with Crippen molar-refractivity contribution in [1.29, 1.82) is 0 Å². The standard InChI is InChI=1S/C13H10BrF3N2OS/c1-6-4-10(21-11(6)14)12(20)19-9-3-2-7(18)5-8(9)13(15,16)17/h2-5H,18H2,1H3,(H,19,20). The van der Waals surface area contributed by atoms with E-state index >= 15 is 0 Å². The Bertz CT molecular complexity index is 678. The lowest BCUT2D eigenvalue weighted by Gasteiger charge is -2.14. The van der Waals surface area contributed by atoms with Crippen LogP contribution in [0.1, 0.15) is 20.8 Å². The first-order valence-electron chi connectivity index (χ1n) is 5.72. The van der Waals surface area contributed by atoms with Crippen LogP contribution in [0.15, 0.2) is 28.1 Å². The number of carbonyl (C=O) groups excluding carboxylic acids is 1. The highest BCUT2D eigenvalue weighted by Crippen LogP contribution is 2.36. The summed E-state index contributed by atoms with van der Waals surface area (Å²) in [5.74, 6) is -0.593. The Morgan fingerprint density at radius 3 is 2.52 bits per heavy atom. The van der Waals surface area contributed by atoms with Crippen molar-refractivity contribution in [1.82, 2.24) is 0 Å². The summed E-state index contributed by atoms with van der Waals surface area (Å²) in [4.78, 5) is 12.3. The molecule has 0 radical (unpaired) electrons. The van der Waals surface area contributed by atoms with E-state index < -0.39 is 17.6 Å². The maximum atomic E-state index is 12.9. The molecule has 0 saturated heterocycles. The van der Waals surface area contributed by atoms with E-state index in [2.05, 4.69) is 21.2 Å². The molecule has 21 heavy (non-hydrogen) atoms. The second kappa shape index (κ2) is 5.69. The van der Waals surface area contributed by atoms with Crippen LogP contribution in [0.25, 0.3) is 0 Å². The van der Waals surface area contributed by atoms with Crippen molar-refractivity contribution in [3.05, 3.63) is 44.1 Å². The number of rotatable bonds is 2. The molecule has 0 unspecified atom stereocenters. The predicted octanol–water partition coefficient (Wildman–Crippen LogP) is 4.67. The Morgan fingerprint density at radius 1 is 1.33 bits per heavy atom. The molecule has 0 aliphatic rings. The lowest BCUT2D eigenvalue weighted by atomic mass is 10.1. The smallest absolute Gasteiger partial charge is 0.399 e. The number of halogens is 4. The summed E-state index contributed by atoms with van der Waals surface area (Å²) >= 11 is 4.42. The van der Waals surface area contributed by atoms with Gasteiger partial charge in [0.15, 0.2) is 0 Å². The van der Waals surface area contributed by atoms with Gasteiger partial charge in [-0.3, -0.25) is 4.79 Å². The van der Waals surface area contributed by atoms with Crippen molar-refractivity contribution in [2.75, 3.05) is 11.1 Å². The molecule has 2 rings (SSSR count). The highest BCUT2D eigenvalue weighted by Gasteiger charge is 2.34. The van der Waals surface area contributed by atoms with Crippen molar-refractivity contribution in [3.63, 3.8) is 0 Å². The van der Waals surface area contributed by atoms with E-state index in [9.17, 15) is 18.0 Å². The summed E-state index contributed by atoms with van der Waals surface area (Å²) in [5.41, 5.74) is 4.91. The van der Waals surface area contributed by atoms with Gasteiger partial charge in [0, 0.05) is 5.69 Å². The number of nitrogen functional groups attached to an aromatic ring is 1. The van der Waals surface area contributed by atoms with E-state index in [-0.39, 0.29) is 11.4 Å². The first-order valence-corrected chi connectivity index (χ1v) is 7.33. The summed E-state index contributed by atoms with van der Waals surface area (Å²) in [5, 5.41) is 2.28. The number of alkyl halides is 3. The second-order valence-corrected chi connectivity index (χ2v) is 6.69. The van der Waals surface area contributed by atoms with Crippen LogP contribution in [0, 0.1) is 6.92 Å². The van der Waals surface area contributed by atoms with Crippen molar-refractivity contribution in [2.45, 2.75) is 13.1 Å². The Labute approximate surface area is 131 Å². The van der Waals surface area contributed by atoms with E-state index in [0.717, 1.165) is 32.8 Å². The number of nitrogens with one attached hydrogen (secondary N) is 1. The lowest BCUT2D eigenvalue weighted by Crippen LogP contribution is -2.16. The van der Waals surface area contributed by atoms with E-state index in [1.54, 1.807) is 13.0 Å². The highest BCUT2D eigenvalue weighted by molar-refractivity contribution is 9.11. The summed E-state index contributed by atoms with van der Waals surface area (Å²) < 4.78 is 39.6. The van der Waals surface area contributed by atoms with Gasteiger partial charge in [-0.15, -0.1) is 11.3 Å². The minimum Gasteiger partial charge on any atom is -0.399 e. The normalized spacial score (nSPS) is 11.5. The van der Waals surface area contributed by atoms with Crippen LogP contribution in [-0.2, 0) is 6.18 Å². The fourth-order valence-electron chi connectivity index (χ4n) is 1.66. The number of thiophene rings is 1. The van der Waals surface area contributed by atoms with Gasteiger partial charge in [0.2, 0.25) is 0 Å². The van der Waals surface area contributed by atoms with Crippen LogP contribution in [0.5, 0.6) is 0 Å². The van der Waals surface area contributed by atoms with Crippen LogP contribution in [0.4, 0.5) is 24.5 Å². The summed E-state index contributed by atoms with van der Waals surface area (Å²) in [6, 6.07) is 4.85. The second-order valence-electron chi connectivity index (χ2n) is 4.32. The third-order valence-electron chi connectivity index (χ3n) is 2.68. The number of hydrogen-bond acceptors (Lipinski definition) is 3. The van der Waals surface area contributed by atoms with E-state index in [1.165, 1.54) is 6.07 Å². The van der Waals surface area contributed by atoms with E-state index in [4.69, 9.17) is 5.73 Å². The molecule has 2 aromatic rings. The molecule has 0 aliphatic heterocycles. The predicted molar refractivity (Wildman–Crippen MR) is 80.6 cm³/mol. The summed E-state index contributed by atoms with van der Waals surface area (Å²) in [6.45, 7) is 1.79. The Hall–Kier alpha value is -1.54. The zero-order chi connectivity index (χ0) is 15.8. The molecule has 1 aromatic heterocycles. The van der Waals surface area contributed by atoms with E-state index in [0.29, 0.717) is 4.88 Å². The first-order chi connectivity index (χ1) is 9.68. The molecular weight excluding hydrogens is 369 g/mol. The van der Waals surface area contributed by atoms with Crippen LogP contribution in [0.3, 0.4) is 0 Å². The minimum atomic E-state index is -4.59. The van der Waals surface area contributed by atoms with Gasteiger partial charge in [0.25, 0.3) is 5.91 Å². The first kappa shape index (κ1) is 15.8. The molecule has 1 amide bonds. The van der Waals surface area contributed by atoms with Gasteiger partial charge in [-0.2, -0.15) is 13.2 Å². The Balaban J connectivity index is 2.33. The Morgan fingerprint density at radius 2 is 2.00 bits per heavy atom. The van der Waals surface area contributed by atoms with Gasteiger partial charge in [0.1, 0.15) is 0 Å². The van der Waals surface area contributed by atoms with Crippen LogP contribution < -0.4 is 11.1 Å². The fourth-order valence-corrected chi connectivity index (χ4v) is 3.09. The van der Waals surface area contributed by atoms with Gasteiger partial charge in [0.05, 0.1) is 19.9 Å². The highest BCUT2D eigenvalue weighted by atomic mass is 79.9. The van der Waals surface area contributed by atoms with Gasteiger partial charge in [-0.05, 0) is 52.7 Å². The third-order valence-corrected chi connectivity index (χ3v) is 4.81. The van der Waals surface area contributed by atoms with Crippen LogP contribution in [0.2, 0.25) is 0 Å². The van der Waals surface area contributed by atoms with Gasteiger partial charge in [-0.25, -0.2) is 0 Å². The van der Waals surface area contributed by atoms with Gasteiger partial charge in [-0.1, -0.05) is 0 Å². The fraction of sp³-hybridized carbons (Fsp3) is 0.154. The third kappa shape index (κ3) is 3.56. The monoisotopic (exact) mass is 378 g/mol. The summed E-state index contributed by atoms with van der Waals surface area (Å²) in [6.07, 6.45) is -4.59. The average Bonchev–Trinajstić information content (AvgIpc) is 2.71. The van der Waals surface area contributed by atoms with Crippen LogP contribution in [-0.4, -0.2) is 5.91 Å². The molecule has 3 nitrogen and oxygen atoms in total. The molecule has 8 heteroatoms. The molecule has 0 atom stereocenters.